The van der Waals surface area contributed by atoms with Gasteiger partial charge in [0, 0.05) is 30.8 Å². The van der Waals surface area contributed by atoms with Gasteiger partial charge in [0.25, 0.3) is 0 Å². The number of nitrogens with zero attached hydrogens (tertiary/aromatic N) is 2. The molecule has 22 heavy (non-hydrogen) atoms. The van der Waals surface area contributed by atoms with Gasteiger partial charge >= 0.3 is 0 Å². The summed E-state index contributed by atoms with van der Waals surface area (Å²) in [5.41, 5.74) is 4.82. The zero-order valence-corrected chi connectivity index (χ0v) is 13.5. The molecule has 0 fully saturated rings. The van der Waals surface area contributed by atoms with Crippen molar-refractivity contribution in [1.82, 2.24) is 20.2 Å². The van der Waals surface area contributed by atoms with E-state index in [1.165, 1.54) is 16.8 Å². The molecular weight excluding hydrogens is 276 g/mol. The molecule has 0 amide bonds. The summed E-state index contributed by atoms with van der Waals surface area (Å²) in [5, 5.41) is 3.57. The lowest BCUT2D eigenvalue weighted by molar-refractivity contribution is 0.324. The van der Waals surface area contributed by atoms with Crippen molar-refractivity contribution in [3.63, 3.8) is 0 Å². The Morgan fingerprint density at radius 2 is 2.23 bits per heavy atom. The van der Waals surface area contributed by atoms with Crippen LogP contribution in [0.15, 0.2) is 24.5 Å². The van der Waals surface area contributed by atoms with Crippen molar-refractivity contribution in [1.29, 1.82) is 0 Å². The van der Waals surface area contributed by atoms with Gasteiger partial charge in [-0.05, 0) is 38.7 Å². The lowest BCUT2D eigenvalue weighted by Crippen LogP contribution is -2.30. The second-order valence-corrected chi connectivity index (χ2v) is 5.94. The van der Waals surface area contributed by atoms with E-state index in [1.807, 2.05) is 6.92 Å². The van der Waals surface area contributed by atoms with Crippen LogP contribution in [0.25, 0.3) is 0 Å². The number of nitrogens with one attached hydrogen (secondary N) is 2. The minimum Gasteiger partial charge on any atom is -0.494 e. The Kier molecular flexibility index (Phi) is 4.45. The minimum atomic E-state index is 0.159. The maximum atomic E-state index is 5.77. The van der Waals surface area contributed by atoms with Gasteiger partial charge in [-0.2, -0.15) is 0 Å². The number of aromatic amines is 1. The Balaban J connectivity index is 1.95. The number of hydrogen-bond donors (Lipinski definition) is 2. The van der Waals surface area contributed by atoms with E-state index < -0.39 is 0 Å². The quantitative estimate of drug-likeness (QED) is 0.888. The third-order valence-electron chi connectivity index (χ3n) is 3.95. The minimum absolute atomic E-state index is 0.159. The van der Waals surface area contributed by atoms with E-state index in [9.17, 15) is 0 Å². The Labute approximate surface area is 131 Å². The van der Waals surface area contributed by atoms with E-state index in [2.05, 4.69) is 52.5 Å². The van der Waals surface area contributed by atoms with Crippen LogP contribution in [0.2, 0.25) is 0 Å². The molecule has 0 bridgehead atoms. The van der Waals surface area contributed by atoms with Gasteiger partial charge < -0.3 is 19.9 Å². The number of rotatable bonds is 5. The van der Waals surface area contributed by atoms with E-state index in [0.717, 1.165) is 31.0 Å². The molecule has 2 N–H and O–H groups in total. The van der Waals surface area contributed by atoms with Crippen molar-refractivity contribution in [2.24, 2.45) is 0 Å². The summed E-state index contributed by atoms with van der Waals surface area (Å²) in [5.74, 6) is 0.970. The number of benzene rings is 1. The molecule has 118 valence electrons. The molecule has 2 aromatic rings. The van der Waals surface area contributed by atoms with Crippen molar-refractivity contribution >= 4 is 0 Å². The first kappa shape index (κ1) is 15.1. The van der Waals surface area contributed by atoms with E-state index in [4.69, 9.17) is 4.74 Å². The zero-order chi connectivity index (χ0) is 15.5. The van der Waals surface area contributed by atoms with Gasteiger partial charge in [0.2, 0.25) is 0 Å². The topological polar surface area (TPSA) is 53.2 Å². The summed E-state index contributed by atoms with van der Waals surface area (Å²) in [6.45, 7) is 4.54. The first-order valence-corrected chi connectivity index (χ1v) is 7.85. The zero-order valence-electron chi connectivity index (χ0n) is 13.5. The first-order valence-electron chi connectivity index (χ1n) is 7.85. The molecular formula is C17H24N4O. The van der Waals surface area contributed by atoms with Crippen LogP contribution in [0.4, 0.5) is 0 Å². The molecule has 1 aliphatic heterocycles. The summed E-state index contributed by atoms with van der Waals surface area (Å²) >= 11 is 0. The van der Waals surface area contributed by atoms with Gasteiger partial charge in [-0.1, -0.05) is 6.07 Å². The van der Waals surface area contributed by atoms with Crippen LogP contribution >= 0.6 is 0 Å². The molecule has 3 rings (SSSR count). The lowest BCUT2D eigenvalue weighted by atomic mass is 9.96. The molecule has 0 aliphatic carbocycles. The molecule has 1 aromatic carbocycles. The van der Waals surface area contributed by atoms with Crippen LogP contribution < -0.4 is 10.1 Å². The average molecular weight is 300 g/mol. The third kappa shape index (κ3) is 3.00. The SMILES string of the molecule is CCOc1ccc(C2NCCc3[nH]cnc32)cc1CN(C)C. The molecule has 5 nitrogen and oxygen atoms in total. The van der Waals surface area contributed by atoms with Gasteiger partial charge in [-0.25, -0.2) is 4.98 Å². The average Bonchev–Trinajstić information content (AvgIpc) is 2.97. The molecule has 1 aliphatic rings. The van der Waals surface area contributed by atoms with Crippen molar-refractivity contribution < 1.29 is 4.74 Å². The highest BCUT2D eigenvalue weighted by molar-refractivity contribution is 5.41. The fraction of sp³-hybridized carbons (Fsp3) is 0.471. The fourth-order valence-electron chi connectivity index (χ4n) is 3.03. The normalized spacial score (nSPS) is 17.5. The summed E-state index contributed by atoms with van der Waals surface area (Å²) in [6, 6.07) is 6.63. The Hall–Kier alpha value is -1.85. The second-order valence-electron chi connectivity index (χ2n) is 5.94. The molecule has 1 atom stereocenters. The number of aromatic nitrogens is 2. The van der Waals surface area contributed by atoms with Crippen molar-refractivity contribution in [3.05, 3.63) is 47.0 Å². The maximum absolute atomic E-state index is 5.77. The maximum Gasteiger partial charge on any atom is 0.123 e. The number of H-pyrrole nitrogens is 1. The molecule has 1 unspecified atom stereocenters. The van der Waals surface area contributed by atoms with E-state index in [0.29, 0.717) is 6.61 Å². The first-order chi connectivity index (χ1) is 10.7. The van der Waals surface area contributed by atoms with Gasteiger partial charge in [0.05, 0.1) is 24.7 Å². The van der Waals surface area contributed by atoms with Gasteiger partial charge in [-0.3, -0.25) is 0 Å². The molecule has 0 saturated carbocycles. The highest BCUT2D eigenvalue weighted by Crippen LogP contribution is 2.30. The van der Waals surface area contributed by atoms with Crippen molar-refractivity contribution in [3.8, 4) is 5.75 Å². The monoisotopic (exact) mass is 300 g/mol. The second kappa shape index (κ2) is 6.50. The van der Waals surface area contributed by atoms with Crippen molar-refractivity contribution in [2.75, 3.05) is 27.2 Å². The largest absolute Gasteiger partial charge is 0.494 e. The van der Waals surface area contributed by atoms with Gasteiger partial charge in [-0.15, -0.1) is 0 Å². The van der Waals surface area contributed by atoms with E-state index >= 15 is 0 Å². The van der Waals surface area contributed by atoms with Gasteiger partial charge in [0.1, 0.15) is 5.75 Å². The standard InChI is InChI=1S/C17H24N4O/c1-4-22-15-6-5-12(9-13(15)10-21(2)3)16-17-14(7-8-18-16)19-11-20-17/h5-6,9,11,16,18H,4,7-8,10H2,1-3H3,(H,19,20). The molecule has 0 saturated heterocycles. The van der Waals surface area contributed by atoms with Crippen LogP contribution in [0.3, 0.4) is 0 Å². The highest BCUT2D eigenvalue weighted by atomic mass is 16.5. The summed E-state index contributed by atoms with van der Waals surface area (Å²) < 4.78 is 5.77. The van der Waals surface area contributed by atoms with Gasteiger partial charge in [0.15, 0.2) is 0 Å². The van der Waals surface area contributed by atoms with Crippen LogP contribution in [-0.4, -0.2) is 42.1 Å². The molecule has 1 aromatic heterocycles. The Morgan fingerprint density at radius 1 is 1.36 bits per heavy atom. The number of imidazole rings is 1. The summed E-state index contributed by atoms with van der Waals surface area (Å²) in [4.78, 5) is 9.92. The van der Waals surface area contributed by atoms with Crippen LogP contribution in [-0.2, 0) is 13.0 Å². The highest BCUT2D eigenvalue weighted by Gasteiger charge is 2.24. The number of hydrogen-bond acceptors (Lipinski definition) is 4. The van der Waals surface area contributed by atoms with E-state index in [-0.39, 0.29) is 6.04 Å². The number of fused-ring (bicyclic) bond motifs is 1. The van der Waals surface area contributed by atoms with Crippen LogP contribution in [0.5, 0.6) is 5.75 Å². The molecule has 0 radical (unpaired) electrons. The fourth-order valence-corrected chi connectivity index (χ4v) is 3.03. The Morgan fingerprint density at radius 3 is 3.00 bits per heavy atom. The van der Waals surface area contributed by atoms with Crippen molar-refractivity contribution in [2.45, 2.75) is 25.9 Å². The summed E-state index contributed by atoms with van der Waals surface area (Å²) in [6.07, 6.45) is 2.80. The van der Waals surface area contributed by atoms with Crippen LogP contribution in [0.1, 0.15) is 35.5 Å². The predicted octanol–water partition coefficient (Wildman–Crippen LogP) is 2.11. The van der Waals surface area contributed by atoms with Crippen LogP contribution in [0, 0.1) is 0 Å². The third-order valence-corrected chi connectivity index (χ3v) is 3.95. The Bertz CT molecular complexity index is 635. The van der Waals surface area contributed by atoms with E-state index in [1.54, 1.807) is 6.33 Å². The lowest BCUT2D eigenvalue weighted by Gasteiger charge is -2.25. The summed E-state index contributed by atoms with van der Waals surface area (Å²) in [7, 11) is 4.15. The number of ether oxygens (including phenoxy) is 1. The molecule has 0 spiro atoms. The predicted molar refractivity (Wildman–Crippen MR) is 87.1 cm³/mol. The molecule has 2 heterocycles. The smallest absolute Gasteiger partial charge is 0.123 e. The molecule has 5 heteroatoms.